The number of fused-ring (bicyclic) bond motifs is 1. The van der Waals surface area contributed by atoms with Gasteiger partial charge in [-0.1, -0.05) is 12.0 Å². The van der Waals surface area contributed by atoms with Crippen LogP contribution >= 0.6 is 0 Å². The molecule has 4 rings (SSSR count). The number of halogens is 3. The van der Waals surface area contributed by atoms with Gasteiger partial charge in [-0.2, -0.15) is 30.6 Å². The summed E-state index contributed by atoms with van der Waals surface area (Å²) < 4.78 is 66.8. The molecule has 2 bridgehead atoms. The zero-order valence-corrected chi connectivity index (χ0v) is 15.8. The quantitative estimate of drug-likeness (QED) is 0.740. The van der Waals surface area contributed by atoms with E-state index in [9.17, 15) is 21.6 Å². The fourth-order valence-electron chi connectivity index (χ4n) is 5.07. The van der Waals surface area contributed by atoms with Crippen LogP contribution in [0.5, 0.6) is 0 Å². The van der Waals surface area contributed by atoms with E-state index >= 15 is 0 Å². The van der Waals surface area contributed by atoms with Gasteiger partial charge in [0.2, 0.25) is 0 Å². The average Bonchev–Trinajstić information content (AvgIpc) is 2.92. The molecule has 2 aliphatic carbocycles. The van der Waals surface area contributed by atoms with Crippen LogP contribution in [0.4, 0.5) is 13.2 Å². The minimum Gasteiger partial charge on any atom is -0.195 e. The van der Waals surface area contributed by atoms with E-state index in [1.807, 2.05) is 18.2 Å². The van der Waals surface area contributed by atoms with Crippen molar-refractivity contribution in [2.75, 3.05) is 13.1 Å². The zero-order chi connectivity index (χ0) is 19.4. The third-order valence-corrected chi connectivity index (χ3v) is 7.76. The Labute approximate surface area is 157 Å². The fourth-order valence-corrected chi connectivity index (χ4v) is 6.77. The molecule has 1 aromatic rings. The number of nitrogens with zero attached hydrogens (tertiary/aromatic N) is 1. The molecule has 8 heteroatoms. The van der Waals surface area contributed by atoms with Gasteiger partial charge in [0.25, 0.3) is 10.2 Å². The first-order valence-electron chi connectivity index (χ1n) is 9.03. The van der Waals surface area contributed by atoms with Gasteiger partial charge in [-0.15, -0.1) is 5.92 Å². The maximum atomic E-state index is 12.9. The van der Waals surface area contributed by atoms with Crippen molar-refractivity contribution in [3.63, 3.8) is 0 Å². The average molecular weight is 398 g/mol. The van der Waals surface area contributed by atoms with Gasteiger partial charge < -0.3 is 0 Å². The summed E-state index contributed by atoms with van der Waals surface area (Å²) in [6.45, 7) is 0.220. The van der Waals surface area contributed by atoms with Gasteiger partial charge in [0, 0.05) is 12.1 Å². The summed E-state index contributed by atoms with van der Waals surface area (Å²) in [5.74, 6) is 5.89. The molecule has 1 aromatic carbocycles. The van der Waals surface area contributed by atoms with Crippen molar-refractivity contribution in [2.45, 2.75) is 44.3 Å². The number of benzene rings is 1. The molecule has 1 saturated heterocycles. The maximum absolute atomic E-state index is 12.9. The molecule has 1 N–H and O–H groups in total. The topological polar surface area (TPSA) is 49.4 Å². The number of nitrogens with one attached hydrogen (secondary N) is 1. The van der Waals surface area contributed by atoms with E-state index in [1.165, 1.54) is 0 Å². The number of rotatable bonds is 1. The molecule has 4 nitrogen and oxygen atoms in total. The Balaban J connectivity index is 1.69. The smallest absolute Gasteiger partial charge is 0.195 e. The Hall–Kier alpha value is -1.56. The summed E-state index contributed by atoms with van der Waals surface area (Å²) in [4.78, 5) is 0. The summed E-state index contributed by atoms with van der Waals surface area (Å²) in [6.07, 6.45) is -1.58. The molecule has 0 aromatic heterocycles. The highest BCUT2D eigenvalue weighted by atomic mass is 32.2. The molecule has 146 valence electrons. The highest BCUT2D eigenvalue weighted by Crippen LogP contribution is 2.50. The Kier molecular flexibility index (Phi) is 4.33. The van der Waals surface area contributed by atoms with E-state index < -0.39 is 28.5 Å². The van der Waals surface area contributed by atoms with E-state index in [0.717, 1.165) is 29.5 Å². The van der Waals surface area contributed by atoms with E-state index in [2.05, 4.69) is 16.6 Å². The predicted molar refractivity (Wildman–Crippen MR) is 95.0 cm³/mol. The van der Waals surface area contributed by atoms with Crippen molar-refractivity contribution in [1.82, 2.24) is 9.03 Å². The lowest BCUT2D eigenvalue weighted by atomic mass is 9.79. The first kappa shape index (κ1) is 18.8. The summed E-state index contributed by atoms with van der Waals surface area (Å²) in [7, 11) is -4.13. The van der Waals surface area contributed by atoms with Crippen LogP contribution in [-0.2, 0) is 23.1 Å². The third kappa shape index (κ3) is 3.26. The second-order valence-corrected chi connectivity index (χ2v) is 9.44. The van der Waals surface area contributed by atoms with Crippen molar-refractivity contribution in [3.8, 4) is 11.8 Å². The van der Waals surface area contributed by atoms with E-state index in [0.29, 0.717) is 17.1 Å². The van der Waals surface area contributed by atoms with Crippen LogP contribution in [0, 0.1) is 23.7 Å². The van der Waals surface area contributed by atoms with E-state index in [1.54, 1.807) is 6.92 Å². The van der Waals surface area contributed by atoms with Gasteiger partial charge in [0.1, 0.15) is 6.54 Å². The molecule has 0 amide bonds. The first-order chi connectivity index (χ1) is 12.6. The van der Waals surface area contributed by atoms with Gasteiger partial charge in [-0.25, -0.2) is 0 Å². The molecule has 3 aliphatic rings. The van der Waals surface area contributed by atoms with Crippen LogP contribution in [0.3, 0.4) is 0 Å². The minimum atomic E-state index is -4.55. The van der Waals surface area contributed by atoms with Gasteiger partial charge >= 0.3 is 6.18 Å². The molecule has 1 aliphatic heterocycles. The van der Waals surface area contributed by atoms with E-state index in [4.69, 9.17) is 0 Å². The fraction of sp³-hybridized carbons (Fsp3) is 0.579. The van der Waals surface area contributed by atoms with Gasteiger partial charge in [0.15, 0.2) is 0 Å². The summed E-state index contributed by atoms with van der Waals surface area (Å²) in [5, 5.41) is 0. The Morgan fingerprint density at radius 3 is 2.52 bits per heavy atom. The lowest BCUT2D eigenvalue weighted by molar-refractivity contribution is -0.136. The molecule has 1 spiro atoms. The van der Waals surface area contributed by atoms with Crippen LogP contribution < -0.4 is 4.72 Å². The number of alkyl halides is 3. The van der Waals surface area contributed by atoms with Crippen LogP contribution in [0.25, 0.3) is 0 Å². The highest BCUT2D eigenvalue weighted by molar-refractivity contribution is 7.87. The highest BCUT2D eigenvalue weighted by Gasteiger charge is 2.60. The first-order valence-corrected chi connectivity index (χ1v) is 10.5. The molecule has 0 radical (unpaired) electrons. The van der Waals surface area contributed by atoms with Crippen molar-refractivity contribution < 1.29 is 21.6 Å². The Morgan fingerprint density at radius 1 is 1.22 bits per heavy atom. The number of hydrogen-bond donors (Lipinski definition) is 1. The van der Waals surface area contributed by atoms with Gasteiger partial charge in [0.05, 0.1) is 5.54 Å². The summed E-state index contributed by atoms with van der Waals surface area (Å²) in [6, 6.07) is 6.02. The van der Waals surface area contributed by atoms with Crippen molar-refractivity contribution in [2.24, 2.45) is 11.8 Å². The minimum absolute atomic E-state index is 0.000122. The monoisotopic (exact) mass is 398 g/mol. The lowest BCUT2D eigenvalue weighted by Crippen LogP contribution is -2.52. The maximum Gasteiger partial charge on any atom is 0.402 e. The van der Waals surface area contributed by atoms with Crippen LogP contribution in [0.1, 0.15) is 36.5 Å². The SMILES string of the molecule is CC#Cc1ccc2c(c1)C[C@@H]1CC[C@H](C2)[C@]12CN(CC(F)(F)F)S(=O)(=O)N2. The Bertz CT molecular complexity index is 932. The van der Waals surface area contributed by atoms with Crippen molar-refractivity contribution >= 4 is 10.2 Å². The molecule has 27 heavy (non-hydrogen) atoms. The van der Waals surface area contributed by atoms with Crippen LogP contribution in [-0.4, -0.2) is 37.5 Å². The second kappa shape index (κ2) is 6.23. The molecule has 2 fully saturated rings. The Morgan fingerprint density at radius 2 is 1.89 bits per heavy atom. The predicted octanol–water partition coefficient (Wildman–Crippen LogP) is 2.63. The lowest BCUT2D eigenvalue weighted by Gasteiger charge is -2.33. The zero-order valence-electron chi connectivity index (χ0n) is 14.9. The molecule has 1 heterocycles. The largest absolute Gasteiger partial charge is 0.402 e. The standard InChI is InChI=1S/C19H21F3N2O2S/c1-2-3-13-4-5-14-9-16-6-7-17(10-15(14)8-13)18(16)11-24(12-19(20,21)22)27(25,26)23-18/h4-5,8,16-17,23H,6-7,9-12H2,1H3/t16-,17+,18-/m1/s1. The van der Waals surface area contributed by atoms with Crippen LogP contribution in [0.15, 0.2) is 18.2 Å². The third-order valence-electron chi connectivity index (χ3n) is 6.18. The molecule has 0 unspecified atom stereocenters. The number of hydrogen-bond acceptors (Lipinski definition) is 2. The van der Waals surface area contributed by atoms with E-state index in [-0.39, 0.29) is 18.4 Å². The van der Waals surface area contributed by atoms with Crippen LogP contribution in [0.2, 0.25) is 0 Å². The molecular weight excluding hydrogens is 377 g/mol. The van der Waals surface area contributed by atoms with Gasteiger partial charge in [-0.05, 0) is 67.7 Å². The normalized spacial score (nSPS) is 32.0. The molecule has 1 saturated carbocycles. The molecular formula is C19H21F3N2O2S. The summed E-state index contributed by atoms with van der Waals surface area (Å²) in [5.41, 5.74) is 2.38. The van der Waals surface area contributed by atoms with Crippen molar-refractivity contribution in [3.05, 3.63) is 34.9 Å². The summed E-state index contributed by atoms with van der Waals surface area (Å²) >= 11 is 0. The molecule has 3 atom stereocenters. The van der Waals surface area contributed by atoms with Crippen molar-refractivity contribution in [1.29, 1.82) is 0 Å². The van der Waals surface area contributed by atoms with Gasteiger partial charge in [-0.3, -0.25) is 0 Å². The second-order valence-electron chi connectivity index (χ2n) is 7.77.